The monoisotopic (exact) mass is 367 g/mol. The fourth-order valence-electron chi connectivity index (χ4n) is 2.25. The van der Waals surface area contributed by atoms with Crippen molar-refractivity contribution in [1.82, 2.24) is 9.29 Å². The molecule has 1 saturated heterocycles. The number of sulfonamides is 1. The first-order chi connectivity index (χ1) is 11.5. The lowest BCUT2D eigenvalue weighted by atomic mass is 10.3. The third-order valence-electron chi connectivity index (χ3n) is 3.47. The lowest BCUT2D eigenvalue weighted by Gasteiger charge is -2.26. The Morgan fingerprint density at radius 3 is 2.71 bits per heavy atom. The van der Waals surface area contributed by atoms with Gasteiger partial charge in [0.25, 0.3) is 0 Å². The van der Waals surface area contributed by atoms with Crippen molar-refractivity contribution in [3.8, 4) is 0 Å². The number of benzene rings is 1. The van der Waals surface area contributed by atoms with Crippen molar-refractivity contribution in [3.63, 3.8) is 0 Å². The molecule has 0 radical (unpaired) electrons. The number of nitrogen functional groups attached to an aromatic ring is 1. The Bertz CT molecular complexity index is 857. The highest BCUT2D eigenvalue weighted by Crippen LogP contribution is 2.30. The molecule has 0 bridgehead atoms. The van der Waals surface area contributed by atoms with Crippen LogP contribution in [0.5, 0.6) is 0 Å². The van der Waals surface area contributed by atoms with E-state index in [4.69, 9.17) is 10.5 Å². The first-order valence-electron chi connectivity index (χ1n) is 7.29. The van der Waals surface area contributed by atoms with E-state index in [0.29, 0.717) is 47.8 Å². The number of thiazole rings is 1. The van der Waals surface area contributed by atoms with Gasteiger partial charge in [-0.15, -0.1) is 10.2 Å². The Morgan fingerprint density at radius 2 is 2.04 bits per heavy atom. The molecule has 1 aliphatic rings. The van der Waals surface area contributed by atoms with Gasteiger partial charge < -0.3 is 10.5 Å². The van der Waals surface area contributed by atoms with Crippen LogP contribution in [-0.2, 0) is 14.8 Å². The molecule has 128 valence electrons. The molecule has 2 N–H and O–H groups in total. The van der Waals surface area contributed by atoms with Crippen LogP contribution in [0.4, 0.5) is 15.8 Å². The number of hydrogen-bond acceptors (Lipinski definition) is 8. The molecule has 0 amide bonds. The van der Waals surface area contributed by atoms with Crippen LogP contribution < -0.4 is 5.73 Å². The summed E-state index contributed by atoms with van der Waals surface area (Å²) in [6.07, 6.45) is 0. The highest BCUT2D eigenvalue weighted by molar-refractivity contribution is 7.89. The molecule has 24 heavy (non-hydrogen) atoms. The number of nitrogens with zero attached hydrogens (tertiary/aromatic N) is 4. The molecule has 1 aromatic heterocycles. The number of anilines is 1. The molecule has 1 fully saturated rings. The standard InChI is InChI=1S/C14H17N5O3S2/c1-10-13(23-14(15)16-10)18-17-11-3-2-4-12(9-11)24(20,21)19-5-7-22-8-6-19/h2-4,9H,5-8H2,1H3,(H2,15,16). The zero-order chi connectivity index (χ0) is 17.2. The van der Waals surface area contributed by atoms with E-state index in [9.17, 15) is 8.42 Å². The van der Waals surface area contributed by atoms with E-state index in [2.05, 4.69) is 15.2 Å². The maximum absolute atomic E-state index is 12.6. The van der Waals surface area contributed by atoms with Gasteiger partial charge in [-0.3, -0.25) is 0 Å². The van der Waals surface area contributed by atoms with Crippen molar-refractivity contribution in [2.24, 2.45) is 10.2 Å². The van der Waals surface area contributed by atoms with Gasteiger partial charge in [-0.05, 0) is 25.1 Å². The third kappa shape index (κ3) is 3.61. The Labute approximate surface area is 144 Å². The zero-order valence-corrected chi connectivity index (χ0v) is 14.7. The maximum Gasteiger partial charge on any atom is 0.243 e. The number of morpholine rings is 1. The number of rotatable bonds is 4. The normalized spacial score (nSPS) is 16.7. The van der Waals surface area contributed by atoms with Crippen LogP contribution in [0, 0.1) is 6.92 Å². The van der Waals surface area contributed by atoms with E-state index in [-0.39, 0.29) is 4.90 Å². The summed E-state index contributed by atoms with van der Waals surface area (Å²) in [4.78, 5) is 4.27. The molecule has 1 aliphatic heterocycles. The van der Waals surface area contributed by atoms with Crippen LogP contribution in [-0.4, -0.2) is 44.0 Å². The minimum atomic E-state index is -3.55. The molecular weight excluding hydrogens is 350 g/mol. The first-order valence-corrected chi connectivity index (χ1v) is 9.55. The predicted molar refractivity (Wildman–Crippen MR) is 91.5 cm³/mol. The molecule has 0 aliphatic carbocycles. The molecule has 10 heteroatoms. The molecule has 3 rings (SSSR count). The molecule has 8 nitrogen and oxygen atoms in total. The molecule has 1 aromatic carbocycles. The van der Waals surface area contributed by atoms with E-state index < -0.39 is 10.0 Å². The van der Waals surface area contributed by atoms with Gasteiger partial charge in [-0.25, -0.2) is 13.4 Å². The molecular formula is C14H17N5O3S2. The average Bonchev–Trinajstić information content (AvgIpc) is 2.91. The van der Waals surface area contributed by atoms with Crippen molar-refractivity contribution < 1.29 is 13.2 Å². The van der Waals surface area contributed by atoms with E-state index in [1.54, 1.807) is 25.1 Å². The van der Waals surface area contributed by atoms with Gasteiger partial charge in [0.2, 0.25) is 10.0 Å². The van der Waals surface area contributed by atoms with Crippen LogP contribution in [0.15, 0.2) is 39.4 Å². The second-order valence-electron chi connectivity index (χ2n) is 5.16. The lowest BCUT2D eigenvalue weighted by Crippen LogP contribution is -2.40. The predicted octanol–water partition coefficient (Wildman–Crippen LogP) is 2.47. The van der Waals surface area contributed by atoms with Gasteiger partial charge in [0.05, 0.1) is 29.5 Å². The summed E-state index contributed by atoms with van der Waals surface area (Å²) < 4.78 is 31.9. The second kappa shape index (κ2) is 6.93. The van der Waals surface area contributed by atoms with Gasteiger partial charge in [0.1, 0.15) is 0 Å². The van der Waals surface area contributed by atoms with Crippen molar-refractivity contribution in [1.29, 1.82) is 0 Å². The third-order valence-corrected chi connectivity index (χ3v) is 6.24. The van der Waals surface area contributed by atoms with Crippen molar-refractivity contribution in [2.45, 2.75) is 11.8 Å². The Morgan fingerprint density at radius 1 is 1.29 bits per heavy atom. The summed E-state index contributed by atoms with van der Waals surface area (Å²) in [5, 5.41) is 9.23. The Hall–Kier alpha value is -1.88. The minimum absolute atomic E-state index is 0.196. The van der Waals surface area contributed by atoms with E-state index in [0.717, 1.165) is 0 Å². The number of azo groups is 1. The van der Waals surface area contributed by atoms with Crippen LogP contribution >= 0.6 is 11.3 Å². The van der Waals surface area contributed by atoms with E-state index in [1.807, 2.05) is 0 Å². The summed E-state index contributed by atoms with van der Waals surface area (Å²) >= 11 is 1.23. The number of hydrogen-bond donors (Lipinski definition) is 1. The van der Waals surface area contributed by atoms with Crippen LogP contribution in [0.25, 0.3) is 0 Å². The van der Waals surface area contributed by atoms with Gasteiger partial charge in [-0.2, -0.15) is 4.31 Å². The van der Waals surface area contributed by atoms with Gasteiger partial charge >= 0.3 is 0 Å². The number of ether oxygens (including phenoxy) is 1. The van der Waals surface area contributed by atoms with E-state index in [1.165, 1.54) is 21.7 Å². The molecule has 0 atom stereocenters. The molecule has 0 unspecified atom stereocenters. The second-order valence-corrected chi connectivity index (χ2v) is 8.10. The van der Waals surface area contributed by atoms with Crippen LogP contribution in [0.3, 0.4) is 0 Å². The fraction of sp³-hybridized carbons (Fsp3) is 0.357. The van der Waals surface area contributed by atoms with Crippen molar-refractivity contribution >= 4 is 37.2 Å². The Kier molecular flexibility index (Phi) is 4.90. The van der Waals surface area contributed by atoms with Gasteiger partial charge in [0.15, 0.2) is 10.1 Å². The Balaban J connectivity index is 1.85. The van der Waals surface area contributed by atoms with Crippen LogP contribution in [0.1, 0.15) is 5.69 Å². The zero-order valence-electron chi connectivity index (χ0n) is 13.0. The molecule has 2 aromatic rings. The first kappa shape index (κ1) is 17.0. The number of nitrogens with two attached hydrogens (primary N) is 1. The van der Waals surface area contributed by atoms with E-state index >= 15 is 0 Å². The summed E-state index contributed by atoms with van der Waals surface area (Å²) in [7, 11) is -3.55. The highest BCUT2D eigenvalue weighted by Gasteiger charge is 2.26. The summed E-state index contributed by atoms with van der Waals surface area (Å²) in [6, 6.07) is 6.41. The smallest absolute Gasteiger partial charge is 0.243 e. The van der Waals surface area contributed by atoms with Crippen molar-refractivity contribution in [3.05, 3.63) is 30.0 Å². The SMILES string of the molecule is Cc1nc(N)sc1N=Nc1cccc(S(=O)(=O)N2CCOCC2)c1. The quantitative estimate of drug-likeness (QED) is 0.835. The number of aryl methyl sites for hydroxylation is 1. The number of aromatic nitrogens is 1. The maximum atomic E-state index is 12.6. The largest absolute Gasteiger partial charge is 0.379 e. The van der Waals surface area contributed by atoms with Gasteiger partial charge in [-0.1, -0.05) is 17.4 Å². The highest BCUT2D eigenvalue weighted by atomic mass is 32.2. The van der Waals surface area contributed by atoms with Crippen molar-refractivity contribution in [2.75, 3.05) is 32.0 Å². The minimum Gasteiger partial charge on any atom is -0.379 e. The molecule has 0 spiro atoms. The lowest BCUT2D eigenvalue weighted by molar-refractivity contribution is 0.0730. The average molecular weight is 367 g/mol. The molecule has 2 heterocycles. The molecule has 0 saturated carbocycles. The topological polar surface area (TPSA) is 110 Å². The summed E-state index contributed by atoms with van der Waals surface area (Å²) in [6.45, 7) is 3.32. The summed E-state index contributed by atoms with van der Waals surface area (Å²) in [5.41, 5.74) is 6.77. The van der Waals surface area contributed by atoms with Gasteiger partial charge in [0, 0.05) is 13.1 Å². The fourth-order valence-corrected chi connectivity index (χ4v) is 4.35. The summed E-state index contributed by atoms with van der Waals surface area (Å²) in [5.74, 6) is 0. The van der Waals surface area contributed by atoms with Crippen LogP contribution in [0.2, 0.25) is 0 Å².